The van der Waals surface area contributed by atoms with Crippen molar-refractivity contribution >= 4 is 15.9 Å². The van der Waals surface area contributed by atoms with Gasteiger partial charge < -0.3 is 15.4 Å². The number of ether oxygens (including phenoxy) is 1. The standard InChI is InChI=1S/C23H35N3O4S/c1-15-12-16-13-18(31(28,29)24-3)14-19(21(16)30-15)22(27)26-23(2,20-10-7-11-25-20)17-8-5-4-6-9-17/h13-15,17,20,24-25H,4-12H2,1-3H3,(H,26,27). The topological polar surface area (TPSA) is 96.5 Å². The van der Waals surface area contributed by atoms with Crippen molar-refractivity contribution in [1.29, 1.82) is 0 Å². The summed E-state index contributed by atoms with van der Waals surface area (Å²) in [5.41, 5.74) is 0.700. The van der Waals surface area contributed by atoms with Gasteiger partial charge in [0, 0.05) is 12.5 Å². The molecule has 3 atom stereocenters. The van der Waals surface area contributed by atoms with Gasteiger partial charge in [-0.15, -0.1) is 0 Å². The Labute approximate surface area is 185 Å². The van der Waals surface area contributed by atoms with Crippen molar-refractivity contribution < 1.29 is 17.9 Å². The highest BCUT2D eigenvalue weighted by Gasteiger charge is 2.44. The molecule has 2 heterocycles. The molecule has 0 aromatic heterocycles. The predicted octanol–water partition coefficient (Wildman–Crippen LogP) is 2.74. The van der Waals surface area contributed by atoms with Crippen LogP contribution in [0.2, 0.25) is 0 Å². The lowest BCUT2D eigenvalue weighted by Gasteiger charge is -2.45. The van der Waals surface area contributed by atoms with Crippen molar-refractivity contribution in [3.63, 3.8) is 0 Å². The molecule has 1 aliphatic carbocycles. The number of hydrogen-bond donors (Lipinski definition) is 3. The molecule has 1 aromatic carbocycles. The largest absolute Gasteiger partial charge is 0.489 e. The van der Waals surface area contributed by atoms with Crippen molar-refractivity contribution in [1.82, 2.24) is 15.4 Å². The molecule has 0 bridgehead atoms. The highest BCUT2D eigenvalue weighted by molar-refractivity contribution is 7.89. The van der Waals surface area contributed by atoms with Crippen molar-refractivity contribution in [3.05, 3.63) is 23.3 Å². The first-order valence-electron chi connectivity index (χ1n) is 11.6. The van der Waals surface area contributed by atoms with Gasteiger partial charge in [0.1, 0.15) is 11.9 Å². The maximum atomic E-state index is 13.7. The maximum Gasteiger partial charge on any atom is 0.255 e. The smallest absolute Gasteiger partial charge is 0.255 e. The van der Waals surface area contributed by atoms with Crippen molar-refractivity contribution in [2.45, 2.75) is 87.8 Å². The minimum atomic E-state index is -3.67. The number of hydrogen-bond acceptors (Lipinski definition) is 5. The molecule has 3 N–H and O–H groups in total. The van der Waals surface area contributed by atoms with E-state index in [1.807, 2.05) is 6.92 Å². The van der Waals surface area contributed by atoms with Gasteiger partial charge in [-0.3, -0.25) is 4.79 Å². The van der Waals surface area contributed by atoms with Crippen LogP contribution in [0.25, 0.3) is 0 Å². The van der Waals surface area contributed by atoms with E-state index >= 15 is 0 Å². The summed E-state index contributed by atoms with van der Waals surface area (Å²) in [5.74, 6) is 0.670. The third-order valence-electron chi connectivity index (χ3n) is 7.41. The van der Waals surface area contributed by atoms with Crippen LogP contribution in [0.15, 0.2) is 17.0 Å². The molecule has 0 radical (unpaired) electrons. The molecule has 2 fully saturated rings. The summed E-state index contributed by atoms with van der Waals surface area (Å²) in [6.45, 7) is 5.07. The van der Waals surface area contributed by atoms with Gasteiger partial charge in [0.2, 0.25) is 10.0 Å². The van der Waals surface area contributed by atoms with Gasteiger partial charge in [-0.25, -0.2) is 13.1 Å². The predicted molar refractivity (Wildman–Crippen MR) is 120 cm³/mol. The lowest BCUT2D eigenvalue weighted by Crippen LogP contribution is -2.62. The minimum absolute atomic E-state index is 0.0877. The molecule has 8 heteroatoms. The van der Waals surface area contributed by atoms with E-state index in [0.29, 0.717) is 23.7 Å². The Bertz CT molecular complexity index is 936. The number of benzene rings is 1. The fraction of sp³-hybridized carbons (Fsp3) is 0.696. The van der Waals surface area contributed by atoms with Crippen LogP contribution in [0.4, 0.5) is 0 Å². The molecule has 7 nitrogen and oxygen atoms in total. The maximum absolute atomic E-state index is 13.7. The van der Waals surface area contributed by atoms with Crippen LogP contribution in [0, 0.1) is 5.92 Å². The van der Waals surface area contributed by atoms with Crippen LogP contribution in [0.3, 0.4) is 0 Å². The lowest BCUT2D eigenvalue weighted by atomic mass is 9.71. The Hall–Kier alpha value is -1.64. The van der Waals surface area contributed by atoms with Crippen LogP contribution >= 0.6 is 0 Å². The van der Waals surface area contributed by atoms with E-state index < -0.39 is 10.0 Å². The number of carbonyl (C=O) groups is 1. The summed E-state index contributed by atoms with van der Waals surface area (Å²) < 4.78 is 33.3. The van der Waals surface area contributed by atoms with E-state index in [9.17, 15) is 13.2 Å². The van der Waals surface area contributed by atoms with Crippen LogP contribution in [-0.4, -0.2) is 45.6 Å². The highest BCUT2D eigenvalue weighted by Crippen LogP contribution is 2.39. The Morgan fingerprint density at radius 1 is 1.16 bits per heavy atom. The molecule has 1 saturated heterocycles. The van der Waals surface area contributed by atoms with Gasteiger partial charge in [-0.1, -0.05) is 19.3 Å². The first kappa shape index (κ1) is 22.6. The van der Waals surface area contributed by atoms with Crippen LogP contribution in [0.5, 0.6) is 5.75 Å². The van der Waals surface area contributed by atoms with Crippen LogP contribution < -0.4 is 20.1 Å². The third-order valence-corrected chi connectivity index (χ3v) is 8.80. The Morgan fingerprint density at radius 3 is 2.55 bits per heavy atom. The van der Waals surface area contributed by atoms with Gasteiger partial charge in [0.15, 0.2) is 0 Å². The Balaban J connectivity index is 1.70. The van der Waals surface area contributed by atoms with Gasteiger partial charge in [0.05, 0.1) is 16.0 Å². The van der Waals surface area contributed by atoms with Gasteiger partial charge in [0.25, 0.3) is 5.91 Å². The van der Waals surface area contributed by atoms with E-state index in [0.717, 1.165) is 37.8 Å². The molecule has 0 spiro atoms. The van der Waals surface area contributed by atoms with Crippen molar-refractivity contribution in [3.8, 4) is 5.75 Å². The molecular weight excluding hydrogens is 414 g/mol. The monoisotopic (exact) mass is 449 g/mol. The first-order valence-corrected chi connectivity index (χ1v) is 13.1. The normalized spacial score (nSPS) is 26.2. The zero-order chi connectivity index (χ0) is 22.2. The van der Waals surface area contributed by atoms with Gasteiger partial charge in [-0.2, -0.15) is 0 Å². The van der Waals surface area contributed by atoms with E-state index in [1.165, 1.54) is 32.4 Å². The van der Waals surface area contributed by atoms with Crippen molar-refractivity contribution in [2.75, 3.05) is 13.6 Å². The summed E-state index contributed by atoms with van der Waals surface area (Å²) >= 11 is 0. The SMILES string of the molecule is CNS(=O)(=O)c1cc2c(c(C(=O)NC(C)(C3CCCCC3)C3CCCN3)c1)OC(C)C2. The minimum Gasteiger partial charge on any atom is -0.489 e. The highest BCUT2D eigenvalue weighted by atomic mass is 32.2. The second kappa shape index (κ2) is 8.71. The molecule has 172 valence electrons. The molecule has 1 saturated carbocycles. The van der Waals surface area contributed by atoms with E-state index in [-0.39, 0.29) is 28.5 Å². The summed E-state index contributed by atoms with van der Waals surface area (Å²) in [6.07, 6.45) is 8.49. The molecule has 4 rings (SSSR count). The van der Waals surface area contributed by atoms with Crippen LogP contribution in [0.1, 0.15) is 74.7 Å². The molecule has 3 unspecified atom stereocenters. The molecule has 1 aromatic rings. The summed E-state index contributed by atoms with van der Waals surface area (Å²) in [6, 6.07) is 3.30. The summed E-state index contributed by atoms with van der Waals surface area (Å²) in [5, 5.41) is 6.97. The fourth-order valence-corrected chi connectivity index (χ4v) is 6.44. The number of fused-ring (bicyclic) bond motifs is 1. The average Bonchev–Trinajstić information content (AvgIpc) is 3.42. The third kappa shape index (κ3) is 4.34. The number of carbonyl (C=O) groups excluding carboxylic acids is 1. The zero-order valence-corrected chi connectivity index (χ0v) is 19.6. The second-order valence-corrected chi connectivity index (χ2v) is 11.4. The summed E-state index contributed by atoms with van der Waals surface area (Å²) in [4.78, 5) is 13.8. The average molecular weight is 450 g/mol. The number of amides is 1. The fourth-order valence-electron chi connectivity index (χ4n) is 5.63. The van der Waals surface area contributed by atoms with Crippen LogP contribution in [-0.2, 0) is 16.4 Å². The molecule has 2 aliphatic heterocycles. The van der Waals surface area contributed by atoms with E-state index in [2.05, 4.69) is 22.3 Å². The number of nitrogens with one attached hydrogen (secondary N) is 3. The van der Waals surface area contributed by atoms with Gasteiger partial charge >= 0.3 is 0 Å². The molecular formula is C23H35N3O4S. The van der Waals surface area contributed by atoms with Crippen molar-refractivity contribution in [2.24, 2.45) is 5.92 Å². The second-order valence-electron chi connectivity index (χ2n) is 9.52. The lowest BCUT2D eigenvalue weighted by molar-refractivity contribution is 0.0775. The van der Waals surface area contributed by atoms with Gasteiger partial charge in [-0.05, 0) is 76.7 Å². The molecule has 3 aliphatic rings. The molecule has 31 heavy (non-hydrogen) atoms. The zero-order valence-electron chi connectivity index (χ0n) is 18.8. The Morgan fingerprint density at radius 2 is 1.90 bits per heavy atom. The summed E-state index contributed by atoms with van der Waals surface area (Å²) in [7, 11) is -2.29. The quantitative estimate of drug-likeness (QED) is 0.621. The number of sulfonamides is 1. The molecule has 1 amide bonds. The Kier molecular flexibility index (Phi) is 6.34. The van der Waals surface area contributed by atoms with E-state index in [4.69, 9.17) is 4.74 Å². The first-order chi connectivity index (χ1) is 14.7. The number of rotatable bonds is 6. The van der Waals surface area contributed by atoms with E-state index in [1.54, 1.807) is 6.07 Å².